The van der Waals surface area contributed by atoms with Gasteiger partial charge in [0.1, 0.15) is 0 Å². The topological polar surface area (TPSA) is 69.6 Å². The molecule has 0 saturated heterocycles. The van der Waals surface area contributed by atoms with Gasteiger partial charge < -0.3 is 15.5 Å². The lowest BCUT2D eigenvalue weighted by Gasteiger charge is -2.37. The third-order valence-corrected chi connectivity index (χ3v) is 4.96. The Balaban J connectivity index is 1.96. The summed E-state index contributed by atoms with van der Waals surface area (Å²) in [6.07, 6.45) is 4.13. The van der Waals surface area contributed by atoms with Gasteiger partial charge in [-0.05, 0) is 43.7 Å². The maximum absolute atomic E-state index is 11.8. The second kappa shape index (κ2) is 8.86. The first kappa shape index (κ1) is 18.5. The third kappa shape index (κ3) is 4.37. The summed E-state index contributed by atoms with van der Waals surface area (Å²) in [6, 6.07) is 8.77. The van der Waals surface area contributed by atoms with Gasteiger partial charge in [0, 0.05) is 12.3 Å². The zero-order chi connectivity index (χ0) is 17.4. The highest BCUT2D eigenvalue weighted by Gasteiger charge is 2.46. The molecule has 1 saturated carbocycles. The number of hydrogen-bond acceptors (Lipinski definition) is 3. The molecule has 130 valence electrons. The van der Waals surface area contributed by atoms with E-state index in [1.165, 1.54) is 0 Å². The minimum Gasteiger partial charge on any atom is -0.479 e. The number of carbonyl (C=O) groups is 1. The highest BCUT2D eigenvalue weighted by atomic mass is 16.4. The summed E-state index contributed by atoms with van der Waals surface area (Å²) in [7, 11) is 0. The van der Waals surface area contributed by atoms with Crippen LogP contribution in [0.4, 0.5) is 0 Å². The number of carboxylic acid groups (broad SMARTS) is 1. The first-order chi connectivity index (χ1) is 11.6. The number of nitrogens with one attached hydrogen (secondary N) is 1. The van der Waals surface area contributed by atoms with E-state index in [0.29, 0.717) is 11.5 Å². The van der Waals surface area contributed by atoms with Crippen molar-refractivity contribution in [3.05, 3.63) is 35.9 Å². The van der Waals surface area contributed by atoms with Gasteiger partial charge in [-0.2, -0.15) is 0 Å². The molecule has 1 fully saturated rings. The number of hydrogen-bond donors (Lipinski definition) is 3. The van der Waals surface area contributed by atoms with Crippen LogP contribution in [-0.2, 0) is 10.4 Å². The lowest BCUT2D eigenvalue weighted by molar-refractivity contribution is -0.169. The summed E-state index contributed by atoms with van der Waals surface area (Å²) in [4.78, 5) is 11.8. The molecule has 1 aromatic rings. The molecule has 0 bridgehead atoms. The average molecular weight is 329 g/mol. The van der Waals surface area contributed by atoms with Gasteiger partial charge in [0.2, 0.25) is 0 Å². The van der Waals surface area contributed by atoms with Crippen LogP contribution in [0.1, 0.15) is 44.6 Å². The van der Waals surface area contributed by atoms with Crippen LogP contribution in [0.2, 0.25) is 0 Å². The summed E-state index contributed by atoms with van der Waals surface area (Å²) in [6.45, 7) is 3.70. The Morgan fingerprint density at radius 1 is 1.21 bits per heavy atom. The first-order valence-corrected chi connectivity index (χ1v) is 8.76. The molecule has 4 nitrogen and oxygen atoms in total. The minimum atomic E-state index is -1.79. The molecule has 1 atom stereocenters. The second-order valence-electron chi connectivity index (χ2n) is 6.49. The quantitative estimate of drug-likeness (QED) is 0.554. The molecule has 0 radical (unpaired) electrons. The summed E-state index contributed by atoms with van der Waals surface area (Å²) < 4.78 is 0. The van der Waals surface area contributed by atoms with Crippen LogP contribution >= 0.6 is 0 Å². The van der Waals surface area contributed by atoms with Gasteiger partial charge >= 0.3 is 5.97 Å². The lowest BCUT2D eigenvalue weighted by Crippen LogP contribution is -2.44. The van der Waals surface area contributed by atoms with Crippen LogP contribution in [0.15, 0.2) is 30.3 Å². The molecule has 0 unspecified atom stereocenters. The molecule has 1 aliphatic carbocycles. The van der Waals surface area contributed by atoms with Gasteiger partial charge in [0.25, 0.3) is 0 Å². The number of aliphatic hydroxyl groups is 1. The zero-order valence-corrected chi connectivity index (χ0v) is 14.3. The molecule has 1 aromatic carbocycles. The van der Waals surface area contributed by atoms with E-state index >= 15 is 0 Å². The molecule has 3 N–H and O–H groups in total. The Kier molecular flexibility index (Phi) is 6.84. The van der Waals surface area contributed by atoms with Crippen LogP contribution in [0, 0.1) is 23.7 Å². The fraction of sp³-hybridized carbons (Fsp3) is 0.550. The standard InChI is InChI=1S/C20H27NO3/c1-2-21-15-7-6-8-16-11-13-18(14-12-16)20(24,19(22)23)17-9-4-3-5-10-17/h3-5,9-10,16,18,21,24H,2,8,11-15H2,1H3,(H,22,23)/t16?,18?,20-/m0/s1. The number of rotatable bonds is 6. The number of aliphatic carboxylic acids is 1. The zero-order valence-electron chi connectivity index (χ0n) is 14.3. The fourth-order valence-electron chi connectivity index (χ4n) is 3.48. The second-order valence-corrected chi connectivity index (χ2v) is 6.49. The number of carboxylic acids is 1. The first-order valence-electron chi connectivity index (χ1n) is 8.76. The normalized spacial score (nSPS) is 22.9. The predicted octanol–water partition coefficient (Wildman–Crippen LogP) is 2.77. The van der Waals surface area contributed by atoms with E-state index in [9.17, 15) is 15.0 Å². The van der Waals surface area contributed by atoms with Crippen molar-refractivity contribution in [1.82, 2.24) is 5.32 Å². The predicted molar refractivity (Wildman–Crippen MR) is 94.4 cm³/mol. The van der Waals surface area contributed by atoms with E-state index in [0.717, 1.165) is 45.2 Å². The van der Waals surface area contributed by atoms with Crippen molar-refractivity contribution in [2.75, 3.05) is 13.1 Å². The Morgan fingerprint density at radius 2 is 1.88 bits per heavy atom. The third-order valence-electron chi connectivity index (χ3n) is 4.96. The van der Waals surface area contributed by atoms with Gasteiger partial charge in [-0.3, -0.25) is 0 Å². The van der Waals surface area contributed by atoms with Crippen LogP contribution in [0.5, 0.6) is 0 Å². The summed E-state index contributed by atoms with van der Waals surface area (Å²) in [5.74, 6) is 5.43. The molecule has 0 aromatic heterocycles. The van der Waals surface area contributed by atoms with E-state index in [1.54, 1.807) is 24.3 Å². The Morgan fingerprint density at radius 3 is 2.46 bits per heavy atom. The van der Waals surface area contributed by atoms with E-state index in [-0.39, 0.29) is 5.92 Å². The molecule has 1 aliphatic rings. The lowest BCUT2D eigenvalue weighted by atomic mass is 9.70. The molecule has 0 heterocycles. The largest absolute Gasteiger partial charge is 0.479 e. The molecule has 4 heteroatoms. The van der Waals surface area contributed by atoms with E-state index in [2.05, 4.69) is 24.1 Å². The van der Waals surface area contributed by atoms with Crippen molar-refractivity contribution in [2.45, 2.75) is 44.6 Å². The van der Waals surface area contributed by atoms with Gasteiger partial charge in [-0.1, -0.05) is 43.2 Å². The van der Waals surface area contributed by atoms with Crippen LogP contribution in [-0.4, -0.2) is 29.3 Å². The van der Waals surface area contributed by atoms with E-state index in [1.807, 2.05) is 6.07 Å². The van der Waals surface area contributed by atoms with Crippen molar-refractivity contribution in [3.8, 4) is 11.8 Å². The maximum atomic E-state index is 11.8. The molecule has 0 aliphatic heterocycles. The Hall–Kier alpha value is -1.83. The van der Waals surface area contributed by atoms with E-state index in [4.69, 9.17) is 0 Å². The van der Waals surface area contributed by atoms with Gasteiger partial charge in [0.05, 0.1) is 6.54 Å². The Labute approximate surface area is 144 Å². The molecule has 2 rings (SSSR count). The Bertz CT molecular complexity index is 582. The minimum absolute atomic E-state index is 0.247. The van der Waals surface area contributed by atoms with Crippen molar-refractivity contribution in [1.29, 1.82) is 0 Å². The van der Waals surface area contributed by atoms with Gasteiger partial charge in [-0.25, -0.2) is 4.79 Å². The smallest absolute Gasteiger partial charge is 0.340 e. The van der Waals surface area contributed by atoms with Crippen molar-refractivity contribution in [2.24, 2.45) is 11.8 Å². The molecule has 0 amide bonds. The highest BCUT2D eigenvalue weighted by Crippen LogP contribution is 2.42. The molecule has 24 heavy (non-hydrogen) atoms. The van der Waals surface area contributed by atoms with Crippen molar-refractivity contribution in [3.63, 3.8) is 0 Å². The highest BCUT2D eigenvalue weighted by molar-refractivity contribution is 5.79. The van der Waals surface area contributed by atoms with Crippen molar-refractivity contribution < 1.29 is 15.0 Å². The van der Waals surface area contributed by atoms with Crippen molar-refractivity contribution >= 4 is 5.97 Å². The average Bonchev–Trinajstić information content (AvgIpc) is 2.62. The fourth-order valence-corrected chi connectivity index (χ4v) is 3.48. The molecule has 0 spiro atoms. The monoisotopic (exact) mass is 329 g/mol. The van der Waals surface area contributed by atoms with Crippen LogP contribution in [0.3, 0.4) is 0 Å². The maximum Gasteiger partial charge on any atom is 0.340 e. The summed E-state index contributed by atoms with van der Waals surface area (Å²) >= 11 is 0. The van der Waals surface area contributed by atoms with Crippen LogP contribution in [0.25, 0.3) is 0 Å². The number of benzene rings is 1. The summed E-state index contributed by atoms with van der Waals surface area (Å²) in [5, 5.41) is 23.7. The molecular formula is C20H27NO3. The van der Waals surface area contributed by atoms with Gasteiger partial charge in [-0.15, -0.1) is 5.92 Å². The van der Waals surface area contributed by atoms with Gasteiger partial charge in [0.15, 0.2) is 5.60 Å². The molecular weight excluding hydrogens is 302 g/mol. The SMILES string of the molecule is CCNCC#CCC1CCC([C@](O)(C(=O)O)c2ccccc2)CC1. The van der Waals surface area contributed by atoms with E-state index < -0.39 is 11.6 Å². The van der Waals surface area contributed by atoms with Crippen LogP contribution < -0.4 is 5.32 Å². The summed E-state index contributed by atoms with van der Waals surface area (Å²) in [5.41, 5.74) is -1.31.